The zero-order chi connectivity index (χ0) is 27.3. The van der Waals surface area contributed by atoms with Crippen LogP contribution in [0.4, 0.5) is 0 Å². The highest BCUT2D eigenvalue weighted by Crippen LogP contribution is 2.23. The second-order valence-corrected chi connectivity index (χ2v) is 12.4. The topological polar surface area (TPSA) is 104 Å². The fourth-order valence-corrected chi connectivity index (χ4v) is 5.78. The van der Waals surface area contributed by atoms with Crippen LogP contribution in [-0.4, -0.2) is 43.8 Å². The fraction of sp³-hybridized carbons (Fsp3) is 0.379. The Bertz CT molecular complexity index is 1450. The van der Waals surface area contributed by atoms with Gasteiger partial charge in [0.25, 0.3) is 0 Å². The number of nitrogens with zero attached hydrogens (tertiary/aromatic N) is 3. The average molecular weight is 536 g/mol. The van der Waals surface area contributed by atoms with Crippen molar-refractivity contribution in [1.82, 2.24) is 9.21 Å². The molecule has 38 heavy (non-hydrogen) atoms. The number of nitriles is 1. The van der Waals surface area contributed by atoms with Gasteiger partial charge in [-0.1, -0.05) is 45.0 Å². The molecule has 4 rings (SSSR count). The Morgan fingerprint density at radius 3 is 2.34 bits per heavy atom. The van der Waals surface area contributed by atoms with Crippen LogP contribution >= 0.6 is 0 Å². The van der Waals surface area contributed by atoms with Crippen molar-refractivity contribution in [1.29, 1.82) is 5.26 Å². The van der Waals surface area contributed by atoms with Crippen LogP contribution in [0, 0.1) is 11.3 Å². The standard InChI is InChI=1S/C29H33N3O5S/c1-29(2,3)24-9-5-23(6-10-24)20-37-28-21-36-25(17-27(28)33)19-31-13-4-14-32(16-15-31)38(34,35)26-11-7-22(18-30)8-12-26/h5-12,17,21H,4,13-16,19-20H2,1-3H3. The summed E-state index contributed by atoms with van der Waals surface area (Å²) in [7, 11) is -3.65. The van der Waals surface area contributed by atoms with E-state index in [4.69, 9.17) is 14.4 Å². The highest BCUT2D eigenvalue weighted by molar-refractivity contribution is 7.89. The van der Waals surface area contributed by atoms with Gasteiger partial charge in [-0.05, 0) is 53.8 Å². The van der Waals surface area contributed by atoms with Crippen molar-refractivity contribution in [2.75, 3.05) is 26.2 Å². The molecule has 1 fully saturated rings. The van der Waals surface area contributed by atoms with E-state index < -0.39 is 10.0 Å². The molecule has 8 nitrogen and oxygen atoms in total. The molecule has 0 amide bonds. The Hall–Kier alpha value is -3.45. The average Bonchev–Trinajstić information content (AvgIpc) is 3.14. The Morgan fingerprint density at radius 1 is 1.00 bits per heavy atom. The minimum absolute atomic E-state index is 0.0706. The van der Waals surface area contributed by atoms with Crippen LogP contribution in [0.1, 0.15) is 49.6 Å². The van der Waals surface area contributed by atoms with Gasteiger partial charge in [0.2, 0.25) is 21.2 Å². The van der Waals surface area contributed by atoms with Crippen LogP contribution < -0.4 is 10.2 Å². The van der Waals surface area contributed by atoms with Crippen molar-refractivity contribution in [3.05, 3.63) is 93.5 Å². The van der Waals surface area contributed by atoms with Gasteiger partial charge in [0.15, 0.2) is 0 Å². The smallest absolute Gasteiger partial charge is 0.243 e. The third-order valence-corrected chi connectivity index (χ3v) is 8.53. The molecule has 1 aliphatic heterocycles. The molecule has 0 unspecified atom stereocenters. The second-order valence-electron chi connectivity index (χ2n) is 10.5. The van der Waals surface area contributed by atoms with E-state index in [1.54, 1.807) is 0 Å². The molecule has 1 aromatic heterocycles. The van der Waals surface area contributed by atoms with E-state index in [1.165, 1.54) is 46.5 Å². The summed E-state index contributed by atoms with van der Waals surface area (Å²) >= 11 is 0. The first kappa shape index (κ1) is 27.6. The van der Waals surface area contributed by atoms with Crippen LogP contribution in [0.3, 0.4) is 0 Å². The molecule has 0 spiro atoms. The Morgan fingerprint density at radius 2 is 1.71 bits per heavy atom. The van der Waals surface area contributed by atoms with Gasteiger partial charge in [0.1, 0.15) is 18.6 Å². The van der Waals surface area contributed by atoms with Crippen molar-refractivity contribution >= 4 is 10.0 Å². The quantitative estimate of drug-likeness (QED) is 0.445. The lowest BCUT2D eigenvalue weighted by molar-refractivity contribution is 0.245. The van der Waals surface area contributed by atoms with Gasteiger partial charge in [-0.25, -0.2) is 8.42 Å². The summed E-state index contributed by atoms with van der Waals surface area (Å²) in [5.74, 6) is 0.657. The van der Waals surface area contributed by atoms with Crippen molar-refractivity contribution < 1.29 is 17.6 Å². The molecule has 2 aromatic carbocycles. The van der Waals surface area contributed by atoms with E-state index in [2.05, 4.69) is 37.8 Å². The van der Waals surface area contributed by atoms with Gasteiger partial charge in [-0.15, -0.1) is 0 Å². The maximum Gasteiger partial charge on any atom is 0.243 e. The number of sulfonamides is 1. The molecular weight excluding hydrogens is 502 g/mol. The molecular formula is C29H33N3O5S. The summed E-state index contributed by atoms with van der Waals surface area (Å²) in [6.07, 6.45) is 2.00. The zero-order valence-electron chi connectivity index (χ0n) is 22.0. The van der Waals surface area contributed by atoms with Gasteiger partial charge in [-0.3, -0.25) is 9.69 Å². The van der Waals surface area contributed by atoms with Gasteiger partial charge < -0.3 is 9.15 Å². The number of hydrogen-bond donors (Lipinski definition) is 0. The van der Waals surface area contributed by atoms with Crippen molar-refractivity contribution in [2.24, 2.45) is 0 Å². The molecule has 9 heteroatoms. The predicted molar refractivity (Wildman–Crippen MR) is 144 cm³/mol. The summed E-state index contributed by atoms with van der Waals surface area (Å²) in [5.41, 5.74) is 2.43. The van der Waals surface area contributed by atoms with Gasteiger partial charge in [-0.2, -0.15) is 9.57 Å². The van der Waals surface area contributed by atoms with E-state index in [9.17, 15) is 13.2 Å². The minimum atomic E-state index is -3.65. The maximum absolute atomic E-state index is 13.1. The Balaban J connectivity index is 1.33. The molecule has 200 valence electrons. The van der Waals surface area contributed by atoms with E-state index in [1.807, 2.05) is 18.2 Å². The first-order chi connectivity index (χ1) is 18.1. The molecule has 1 saturated heterocycles. The third kappa shape index (κ3) is 6.70. The molecule has 1 aliphatic rings. The SMILES string of the molecule is CC(C)(C)c1ccc(COc2coc(CN3CCCN(S(=O)(=O)c4ccc(C#N)cc4)CC3)cc2=O)cc1. The van der Waals surface area contributed by atoms with E-state index in [0.717, 1.165) is 5.56 Å². The molecule has 0 aliphatic carbocycles. The van der Waals surface area contributed by atoms with Gasteiger partial charge in [0.05, 0.1) is 23.1 Å². The summed E-state index contributed by atoms with van der Waals surface area (Å²) in [6.45, 7) is 9.03. The number of benzene rings is 2. The molecule has 0 bridgehead atoms. The molecule has 0 N–H and O–H groups in total. The molecule has 0 saturated carbocycles. The third-order valence-electron chi connectivity index (χ3n) is 6.61. The highest BCUT2D eigenvalue weighted by Gasteiger charge is 2.27. The van der Waals surface area contributed by atoms with Gasteiger partial charge >= 0.3 is 0 Å². The van der Waals surface area contributed by atoms with Crippen LogP contribution in [0.2, 0.25) is 0 Å². The predicted octanol–water partition coefficient (Wildman–Crippen LogP) is 4.28. The summed E-state index contributed by atoms with van der Waals surface area (Å²) in [5, 5.41) is 8.95. The van der Waals surface area contributed by atoms with E-state index >= 15 is 0 Å². The van der Waals surface area contributed by atoms with Crippen molar-refractivity contribution in [3.8, 4) is 11.8 Å². The first-order valence-electron chi connectivity index (χ1n) is 12.6. The lowest BCUT2D eigenvalue weighted by atomic mass is 9.87. The van der Waals surface area contributed by atoms with Crippen LogP contribution in [0.25, 0.3) is 0 Å². The van der Waals surface area contributed by atoms with E-state index in [0.29, 0.717) is 50.5 Å². The van der Waals surface area contributed by atoms with Crippen LogP contribution in [-0.2, 0) is 28.6 Å². The fourth-order valence-electron chi connectivity index (χ4n) is 4.31. The second kappa shape index (κ2) is 11.5. The summed E-state index contributed by atoms with van der Waals surface area (Å²) in [6, 6.07) is 17.5. The Kier molecular flexibility index (Phi) is 8.36. The minimum Gasteiger partial charge on any atom is -0.482 e. The van der Waals surface area contributed by atoms with Crippen molar-refractivity contribution in [2.45, 2.75) is 50.7 Å². The number of ether oxygens (including phenoxy) is 1. The molecule has 0 radical (unpaired) electrons. The normalized spacial score (nSPS) is 15.5. The molecule has 0 atom stereocenters. The molecule has 3 aromatic rings. The van der Waals surface area contributed by atoms with Gasteiger partial charge in [0, 0.05) is 25.7 Å². The monoisotopic (exact) mass is 535 g/mol. The number of hydrogen-bond acceptors (Lipinski definition) is 7. The zero-order valence-corrected chi connectivity index (χ0v) is 22.8. The largest absolute Gasteiger partial charge is 0.482 e. The lowest BCUT2D eigenvalue weighted by Crippen LogP contribution is -2.35. The highest BCUT2D eigenvalue weighted by atomic mass is 32.2. The lowest BCUT2D eigenvalue weighted by Gasteiger charge is -2.21. The first-order valence-corrected chi connectivity index (χ1v) is 14.1. The molecule has 2 heterocycles. The van der Waals surface area contributed by atoms with Crippen LogP contribution in [0.15, 0.2) is 75.0 Å². The number of rotatable bonds is 7. The summed E-state index contributed by atoms with van der Waals surface area (Å²) in [4.78, 5) is 14.9. The van der Waals surface area contributed by atoms with Crippen molar-refractivity contribution in [3.63, 3.8) is 0 Å². The Labute approximate surface area is 224 Å². The maximum atomic E-state index is 13.1. The van der Waals surface area contributed by atoms with E-state index in [-0.39, 0.29) is 28.1 Å². The summed E-state index contributed by atoms with van der Waals surface area (Å²) < 4.78 is 39.0. The van der Waals surface area contributed by atoms with Crippen LogP contribution in [0.5, 0.6) is 5.75 Å².